The Kier molecular flexibility index (Phi) is 4.46. The number of benzene rings is 1. The number of hydrogen-bond acceptors (Lipinski definition) is 3. The summed E-state index contributed by atoms with van der Waals surface area (Å²) in [4.78, 5) is 29.5. The fourth-order valence-corrected chi connectivity index (χ4v) is 3.32. The molecule has 0 aliphatic heterocycles. The first-order valence-electron chi connectivity index (χ1n) is 8.95. The van der Waals surface area contributed by atoms with E-state index in [1.165, 1.54) is 0 Å². The second-order valence-electron chi connectivity index (χ2n) is 6.53. The van der Waals surface area contributed by atoms with Gasteiger partial charge in [0.05, 0.1) is 5.52 Å². The van der Waals surface area contributed by atoms with Gasteiger partial charge in [0, 0.05) is 31.0 Å². The van der Waals surface area contributed by atoms with E-state index in [4.69, 9.17) is 0 Å². The van der Waals surface area contributed by atoms with Gasteiger partial charge in [0.25, 0.3) is 5.56 Å². The van der Waals surface area contributed by atoms with E-state index in [1.807, 2.05) is 60.0 Å². The van der Waals surface area contributed by atoms with Gasteiger partial charge in [-0.2, -0.15) is 0 Å². The van der Waals surface area contributed by atoms with Gasteiger partial charge in [-0.1, -0.05) is 18.2 Å². The minimum Gasteiger partial charge on any atom is -0.326 e. The van der Waals surface area contributed by atoms with Gasteiger partial charge in [-0.05, 0) is 49.2 Å². The lowest BCUT2D eigenvalue weighted by molar-refractivity contribution is -0.116. The fraction of sp³-hybridized carbons (Fsp3) is 0.190. The normalized spacial score (nSPS) is 11.1. The molecule has 4 aromatic rings. The first kappa shape index (κ1) is 17.0. The number of pyridine rings is 1. The molecular formula is C21H20N4O2. The van der Waals surface area contributed by atoms with Gasteiger partial charge < -0.3 is 9.72 Å². The molecule has 0 aliphatic carbocycles. The van der Waals surface area contributed by atoms with Gasteiger partial charge in [-0.3, -0.25) is 14.2 Å². The summed E-state index contributed by atoms with van der Waals surface area (Å²) < 4.78 is 3.51. The van der Waals surface area contributed by atoms with Crippen LogP contribution in [-0.2, 0) is 11.3 Å². The lowest BCUT2D eigenvalue weighted by Gasteiger charge is -2.12. The van der Waals surface area contributed by atoms with Crippen molar-refractivity contribution in [1.29, 1.82) is 0 Å². The molecule has 6 nitrogen and oxygen atoms in total. The number of carbonyl (C=O) groups excluding carboxylic acids is 1. The van der Waals surface area contributed by atoms with Gasteiger partial charge in [0.1, 0.15) is 5.52 Å². The van der Waals surface area contributed by atoms with Crippen molar-refractivity contribution in [2.24, 2.45) is 0 Å². The van der Waals surface area contributed by atoms with E-state index < -0.39 is 0 Å². The lowest BCUT2D eigenvalue weighted by Crippen LogP contribution is -2.24. The first-order chi connectivity index (χ1) is 13.1. The molecule has 0 fully saturated rings. The lowest BCUT2D eigenvalue weighted by atomic mass is 10.2. The molecule has 136 valence electrons. The van der Waals surface area contributed by atoms with Crippen LogP contribution in [0.3, 0.4) is 0 Å². The van der Waals surface area contributed by atoms with Crippen LogP contribution in [0.25, 0.3) is 16.7 Å². The molecule has 1 N–H and O–H groups in total. The minimum absolute atomic E-state index is 0.0571. The summed E-state index contributed by atoms with van der Waals surface area (Å²) >= 11 is 0. The second kappa shape index (κ2) is 7.07. The SMILES string of the molecule is Cc1ccccc1NC(=O)CCCn1c(=O)c2cccn2c2cccnc21. The number of aromatic nitrogens is 3. The highest BCUT2D eigenvalue weighted by molar-refractivity contribution is 5.91. The van der Waals surface area contributed by atoms with Gasteiger partial charge in [-0.15, -0.1) is 0 Å². The number of carbonyl (C=O) groups is 1. The van der Waals surface area contributed by atoms with Crippen molar-refractivity contribution in [1.82, 2.24) is 14.0 Å². The number of para-hydroxylation sites is 1. The van der Waals surface area contributed by atoms with Gasteiger partial charge >= 0.3 is 0 Å². The Balaban J connectivity index is 1.53. The molecule has 3 heterocycles. The maximum Gasteiger partial charge on any atom is 0.276 e. The molecule has 27 heavy (non-hydrogen) atoms. The van der Waals surface area contributed by atoms with Crippen molar-refractivity contribution >= 4 is 28.3 Å². The van der Waals surface area contributed by atoms with E-state index in [1.54, 1.807) is 16.8 Å². The maximum absolute atomic E-state index is 12.8. The number of nitrogens with zero attached hydrogens (tertiary/aromatic N) is 3. The highest BCUT2D eigenvalue weighted by Crippen LogP contribution is 2.15. The van der Waals surface area contributed by atoms with Crippen molar-refractivity contribution in [3.05, 3.63) is 76.8 Å². The molecule has 0 aliphatic rings. The number of amides is 1. The summed E-state index contributed by atoms with van der Waals surface area (Å²) in [7, 11) is 0. The van der Waals surface area contributed by atoms with Crippen molar-refractivity contribution in [3.8, 4) is 0 Å². The van der Waals surface area contributed by atoms with Crippen molar-refractivity contribution in [3.63, 3.8) is 0 Å². The number of hydrogen-bond donors (Lipinski definition) is 1. The molecule has 0 bridgehead atoms. The van der Waals surface area contributed by atoms with Crippen LogP contribution in [0.15, 0.2) is 65.7 Å². The molecule has 0 saturated carbocycles. The molecular weight excluding hydrogens is 340 g/mol. The Morgan fingerprint density at radius 3 is 2.74 bits per heavy atom. The first-order valence-corrected chi connectivity index (χ1v) is 8.95. The number of aryl methyl sites for hydroxylation is 2. The Hall–Kier alpha value is -3.41. The monoisotopic (exact) mass is 360 g/mol. The van der Waals surface area contributed by atoms with Crippen LogP contribution < -0.4 is 10.9 Å². The third-order valence-corrected chi connectivity index (χ3v) is 4.70. The standard InChI is InChI=1S/C21H20N4O2/c1-15-7-2-3-8-16(15)23-19(26)11-6-14-25-20-17(9-4-12-22-20)24-13-5-10-18(24)21(25)27/h2-5,7-10,12-13H,6,11,14H2,1H3,(H,23,26). The Morgan fingerprint density at radius 1 is 1.07 bits per heavy atom. The van der Waals surface area contributed by atoms with Crippen molar-refractivity contribution < 1.29 is 4.79 Å². The number of fused-ring (bicyclic) bond motifs is 3. The molecule has 1 aromatic carbocycles. The zero-order valence-corrected chi connectivity index (χ0v) is 15.1. The summed E-state index contributed by atoms with van der Waals surface area (Å²) in [6.07, 6.45) is 4.43. The van der Waals surface area contributed by atoms with Crippen LogP contribution in [0, 0.1) is 6.92 Å². The van der Waals surface area contributed by atoms with E-state index in [-0.39, 0.29) is 11.5 Å². The third-order valence-electron chi connectivity index (χ3n) is 4.70. The van der Waals surface area contributed by atoms with E-state index in [9.17, 15) is 9.59 Å². The average Bonchev–Trinajstić information content (AvgIpc) is 3.17. The summed E-state index contributed by atoms with van der Waals surface area (Å²) in [5.41, 5.74) is 3.87. The van der Waals surface area contributed by atoms with E-state index in [2.05, 4.69) is 10.3 Å². The van der Waals surface area contributed by atoms with Crippen LogP contribution in [0.2, 0.25) is 0 Å². The zero-order valence-electron chi connectivity index (χ0n) is 15.1. The predicted molar refractivity (Wildman–Crippen MR) is 106 cm³/mol. The molecule has 3 aromatic heterocycles. The van der Waals surface area contributed by atoms with Crippen molar-refractivity contribution in [2.75, 3.05) is 5.32 Å². The fourth-order valence-electron chi connectivity index (χ4n) is 3.32. The van der Waals surface area contributed by atoms with Crippen LogP contribution in [0.1, 0.15) is 18.4 Å². The second-order valence-corrected chi connectivity index (χ2v) is 6.53. The van der Waals surface area contributed by atoms with E-state index >= 15 is 0 Å². The quantitative estimate of drug-likeness (QED) is 0.593. The van der Waals surface area contributed by atoms with Crippen LogP contribution in [0.5, 0.6) is 0 Å². The molecule has 6 heteroatoms. The Morgan fingerprint density at radius 2 is 1.89 bits per heavy atom. The average molecular weight is 360 g/mol. The Bertz CT molecular complexity index is 1190. The highest BCUT2D eigenvalue weighted by Gasteiger charge is 2.12. The van der Waals surface area contributed by atoms with Crippen LogP contribution >= 0.6 is 0 Å². The van der Waals surface area contributed by atoms with Crippen molar-refractivity contribution in [2.45, 2.75) is 26.3 Å². The summed E-state index contributed by atoms with van der Waals surface area (Å²) in [6, 6.07) is 15.1. The zero-order chi connectivity index (χ0) is 18.8. The van der Waals surface area contributed by atoms with Gasteiger partial charge in [0.2, 0.25) is 5.91 Å². The Labute approximate surface area is 156 Å². The van der Waals surface area contributed by atoms with Crippen LogP contribution in [0.4, 0.5) is 5.69 Å². The minimum atomic E-state index is -0.0921. The van der Waals surface area contributed by atoms with Crippen LogP contribution in [-0.4, -0.2) is 19.9 Å². The summed E-state index contributed by atoms with van der Waals surface area (Å²) in [5, 5.41) is 2.93. The smallest absolute Gasteiger partial charge is 0.276 e. The predicted octanol–water partition coefficient (Wildman–Crippen LogP) is 3.38. The van der Waals surface area contributed by atoms with E-state index in [0.717, 1.165) is 16.8 Å². The maximum atomic E-state index is 12.8. The molecule has 1 amide bonds. The van der Waals surface area contributed by atoms with Gasteiger partial charge in [0.15, 0.2) is 5.65 Å². The topological polar surface area (TPSA) is 68.4 Å². The highest BCUT2D eigenvalue weighted by atomic mass is 16.1. The van der Waals surface area contributed by atoms with E-state index in [0.29, 0.717) is 30.6 Å². The number of anilines is 1. The molecule has 0 unspecified atom stereocenters. The molecule has 0 saturated heterocycles. The molecule has 0 radical (unpaired) electrons. The molecule has 4 rings (SSSR count). The third kappa shape index (κ3) is 3.21. The summed E-state index contributed by atoms with van der Waals surface area (Å²) in [6.45, 7) is 2.40. The largest absolute Gasteiger partial charge is 0.326 e. The number of rotatable bonds is 5. The summed E-state index contributed by atoms with van der Waals surface area (Å²) in [5.74, 6) is -0.0571. The number of nitrogens with one attached hydrogen (secondary N) is 1. The molecule has 0 atom stereocenters. The molecule has 0 spiro atoms. The van der Waals surface area contributed by atoms with Gasteiger partial charge in [-0.25, -0.2) is 4.98 Å².